The van der Waals surface area contributed by atoms with Crippen LogP contribution in [-0.4, -0.2) is 56.0 Å². The van der Waals surface area contributed by atoms with E-state index < -0.39 is 27.0 Å². The summed E-state index contributed by atoms with van der Waals surface area (Å²) in [6, 6.07) is 11.6. The minimum atomic E-state index is -3.71. The van der Waals surface area contributed by atoms with Gasteiger partial charge in [0.2, 0.25) is 10.0 Å². The fourth-order valence-electron chi connectivity index (χ4n) is 2.87. The topological polar surface area (TPSA) is 128 Å². The molecular formula is C19H21N3O7S. The van der Waals surface area contributed by atoms with E-state index in [4.69, 9.17) is 9.47 Å². The maximum atomic E-state index is 12.8. The van der Waals surface area contributed by atoms with Gasteiger partial charge in [-0.25, -0.2) is 8.42 Å². The first kappa shape index (κ1) is 21.7. The van der Waals surface area contributed by atoms with Crippen LogP contribution in [0.1, 0.15) is 6.92 Å². The molecule has 2 aromatic rings. The third kappa shape index (κ3) is 4.93. The number of benzene rings is 2. The number of sulfonamides is 1. The number of amides is 1. The second-order valence-corrected chi connectivity index (χ2v) is 8.46. The Morgan fingerprint density at radius 2 is 1.90 bits per heavy atom. The molecule has 1 heterocycles. The fourth-order valence-corrected chi connectivity index (χ4v) is 4.32. The largest absolute Gasteiger partial charge is 0.474 e. The van der Waals surface area contributed by atoms with Crippen LogP contribution >= 0.6 is 0 Å². The third-order valence-corrected chi connectivity index (χ3v) is 6.34. The lowest BCUT2D eigenvalue weighted by atomic mass is 10.2. The molecule has 1 atom stereocenters. The monoisotopic (exact) mass is 435 g/mol. The van der Waals surface area contributed by atoms with Crippen molar-refractivity contribution in [1.29, 1.82) is 0 Å². The van der Waals surface area contributed by atoms with Gasteiger partial charge < -0.3 is 14.8 Å². The van der Waals surface area contributed by atoms with Gasteiger partial charge in [0, 0.05) is 24.8 Å². The van der Waals surface area contributed by atoms with Crippen molar-refractivity contribution in [2.45, 2.75) is 17.9 Å². The van der Waals surface area contributed by atoms with Crippen molar-refractivity contribution in [2.75, 3.05) is 31.6 Å². The standard InChI is InChI=1S/C19H21N3O7S/c1-14(29-18-8-3-2-7-17(18)22(24)25)19(23)20-15-5-4-6-16(13-15)30(26,27)21-9-11-28-12-10-21/h2-8,13-14H,9-12H2,1H3,(H,20,23)/t14-/m0/s1. The number of nitrogens with one attached hydrogen (secondary N) is 1. The van der Waals surface area contributed by atoms with Crippen molar-refractivity contribution in [3.63, 3.8) is 0 Å². The zero-order chi connectivity index (χ0) is 21.7. The molecule has 0 aliphatic carbocycles. The predicted octanol–water partition coefficient (Wildman–Crippen LogP) is 2.02. The molecule has 1 fully saturated rings. The first-order valence-electron chi connectivity index (χ1n) is 9.18. The van der Waals surface area contributed by atoms with Crippen molar-refractivity contribution in [3.8, 4) is 5.75 Å². The van der Waals surface area contributed by atoms with E-state index in [1.165, 1.54) is 47.6 Å². The summed E-state index contributed by atoms with van der Waals surface area (Å²) < 4.78 is 37.5. The highest BCUT2D eigenvalue weighted by atomic mass is 32.2. The summed E-state index contributed by atoms with van der Waals surface area (Å²) in [5, 5.41) is 13.7. The number of carbonyl (C=O) groups excluding carboxylic acids is 1. The molecule has 1 aliphatic heterocycles. The van der Waals surface area contributed by atoms with Crippen molar-refractivity contribution in [3.05, 3.63) is 58.6 Å². The number of hydrogen-bond donors (Lipinski definition) is 1. The second kappa shape index (κ2) is 9.20. The highest BCUT2D eigenvalue weighted by Crippen LogP contribution is 2.27. The molecule has 0 bridgehead atoms. The number of nitrogens with zero attached hydrogens (tertiary/aromatic N) is 2. The van der Waals surface area contributed by atoms with Gasteiger partial charge in [0.25, 0.3) is 5.91 Å². The Labute approximate surface area is 173 Å². The Hall–Kier alpha value is -3.02. The minimum Gasteiger partial charge on any atom is -0.474 e. The Kier molecular flexibility index (Phi) is 6.65. The summed E-state index contributed by atoms with van der Waals surface area (Å²) in [5.41, 5.74) is 0.0168. The van der Waals surface area contributed by atoms with Gasteiger partial charge in [-0.1, -0.05) is 18.2 Å². The minimum absolute atomic E-state index is 0.0335. The Morgan fingerprint density at radius 3 is 2.60 bits per heavy atom. The number of anilines is 1. The zero-order valence-corrected chi connectivity index (χ0v) is 17.0. The molecule has 0 spiro atoms. The van der Waals surface area contributed by atoms with Gasteiger partial charge in [0.05, 0.1) is 23.0 Å². The Balaban J connectivity index is 1.71. The van der Waals surface area contributed by atoms with Crippen molar-refractivity contribution < 1.29 is 27.6 Å². The lowest BCUT2D eigenvalue weighted by molar-refractivity contribution is -0.386. The van der Waals surface area contributed by atoms with E-state index in [2.05, 4.69) is 5.32 Å². The van der Waals surface area contributed by atoms with E-state index in [0.717, 1.165) is 0 Å². The number of rotatable bonds is 7. The molecule has 2 aromatic carbocycles. The first-order chi connectivity index (χ1) is 14.3. The second-order valence-electron chi connectivity index (χ2n) is 6.52. The zero-order valence-electron chi connectivity index (χ0n) is 16.2. The molecule has 30 heavy (non-hydrogen) atoms. The molecule has 0 radical (unpaired) electrons. The molecule has 10 nitrogen and oxygen atoms in total. The molecule has 11 heteroatoms. The van der Waals surface area contributed by atoms with Crippen molar-refractivity contribution in [1.82, 2.24) is 4.31 Å². The SMILES string of the molecule is C[C@H](Oc1ccccc1[N+](=O)[O-])C(=O)Nc1cccc(S(=O)(=O)N2CCOCC2)c1. The van der Waals surface area contributed by atoms with Crippen LogP contribution in [-0.2, 0) is 19.6 Å². The van der Waals surface area contributed by atoms with Crippen LogP contribution in [0, 0.1) is 10.1 Å². The van der Waals surface area contributed by atoms with Crippen LogP contribution in [0.5, 0.6) is 5.75 Å². The third-order valence-electron chi connectivity index (χ3n) is 4.44. The number of morpholine rings is 1. The fraction of sp³-hybridized carbons (Fsp3) is 0.316. The lowest BCUT2D eigenvalue weighted by Crippen LogP contribution is -2.40. The summed E-state index contributed by atoms with van der Waals surface area (Å²) in [6.45, 7) is 2.63. The summed E-state index contributed by atoms with van der Waals surface area (Å²) in [5.74, 6) is -0.608. The normalized spacial score (nSPS) is 15.9. The van der Waals surface area contributed by atoms with Crippen LogP contribution in [0.2, 0.25) is 0 Å². The number of hydrogen-bond acceptors (Lipinski definition) is 7. The van der Waals surface area contributed by atoms with E-state index in [1.807, 2.05) is 0 Å². The van der Waals surface area contributed by atoms with Crippen molar-refractivity contribution >= 4 is 27.3 Å². The summed E-state index contributed by atoms with van der Waals surface area (Å²) in [4.78, 5) is 23.0. The van der Waals surface area contributed by atoms with E-state index in [9.17, 15) is 23.3 Å². The Bertz CT molecular complexity index is 1040. The molecule has 1 saturated heterocycles. The van der Waals surface area contributed by atoms with E-state index in [1.54, 1.807) is 12.1 Å². The highest BCUT2D eigenvalue weighted by Gasteiger charge is 2.27. The highest BCUT2D eigenvalue weighted by molar-refractivity contribution is 7.89. The average molecular weight is 435 g/mol. The summed E-state index contributed by atoms with van der Waals surface area (Å²) >= 11 is 0. The van der Waals surface area contributed by atoms with Crippen molar-refractivity contribution in [2.24, 2.45) is 0 Å². The number of nitro benzene ring substituents is 1. The van der Waals surface area contributed by atoms with Crippen LogP contribution in [0.25, 0.3) is 0 Å². The van der Waals surface area contributed by atoms with E-state index >= 15 is 0 Å². The van der Waals surface area contributed by atoms with Gasteiger partial charge >= 0.3 is 5.69 Å². The summed E-state index contributed by atoms with van der Waals surface area (Å²) in [7, 11) is -3.71. The molecule has 160 valence electrons. The average Bonchev–Trinajstić information content (AvgIpc) is 2.74. The predicted molar refractivity (Wildman–Crippen MR) is 108 cm³/mol. The molecule has 0 saturated carbocycles. The molecule has 0 unspecified atom stereocenters. The molecular weight excluding hydrogens is 414 g/mol. The van der Waals surface area contributed by atoms with Gasteiger partial charge in [0.1, 0.15) is 0 Å². The van der Waals surface area contributed by atoms with Crippen LogP contribution in [0.15, 0.2) is 53.4 Å². The first-order valence-corrected chi connectivity index (χ1v) is 10.6. The molecule has 1 N–H and O–H groups in total. The van der Waals surface area contributed by atoms with Crippen LogP contribution in [0.4, 0.5) is 11.4 Å². The van der Waals surface area contributed by atoms with Gasteiger partial charge in [0.15, 0.2) is 11.9 Å². The number of nitro groups is 1. The molecule has 1 amide bonds. The molecule has 1 aliphatic rings. The maximum absolute atomic E-state index is 12.8. The van der Waals surface area contributed by atoms with E-state index in [-0.39, 0.29) is 35.1 Å². The number of carbonyl (C=O) groups is 1. The number of para-hydroxylation sites is 2. The van der Waals surface area contributed by atoms with Gasteiger partial charge in [-0.05, 0) is 31.2 Å². The molecule has 0 aromatic heterocycles. The van der Waals surface area contributed by atoms with E-state index in [0.29, 0.717) is 13.2 Å². The molecule has 3 rings (SSSR count). The van der Waals surface area contributed by atoms with Gasteiger partial charge in [-0.3, -0.25) is 14.9 Å². The maximum Gasteiger partial charge on any atom is 0.310 e. The van der Waals surface area contributed by atoms with Gasteiger partial charge in [-0.2, -0.15) is 4.31 Å². The van der Waals surface area contributed by atoms with Gasteiger partial charge in [-0.15, -0.1) is 0 Å². The number of ether oxygens (including phenoxy) is 2. The smallest absolute Gasteiger partial charge is 0.310 e. The lowest BCUT2D eigenvalue weighted by Gasteiger charge is -2.26. The van der Waals surface area contributed by atoms with Crippen LogP contribution < -0.4 is 10.1 Å². The Morgan fingerprint density at radius 1 is 1.20 bits per heavy atom. The van der Waals surface area contributed by atoms with Crippen LogP contribution in [0.3, 0.4) is 0 Å². The quantitative estimate of drug-likeness (QED) is 0.520. The summed E-state index contributed by atoms with van der Waals surface area (Å²) in [6.07, 6.45) is -1.05.